The first kappa shape index (κ1) is 25.1. The number of aromatic amines is 1. The minimum absolute atomic E-state index is 0.183. The molecular formula is C21H22N2O10S. The van der Waals surface area contributed by atoms with Gasteiger partial charge in [0.15, 0.2) is 18.4 Å². The summed E-state index contributed by atoms with van der Waals surface area (Å²) in [6, 6.07) is 7.01. The Morgan fingerprint density at radius 3 is 2.15 bits per heavy atom. The Kier molecular flexibility index (Phi) is 7.79. The maximum atomic E-state index is 13.0. The second kappa shape index (κ2) is 10.6. The van der Waals surface area contributed by atoms with Crippen molar-refractivity contribution in [1.29, 1.82) is 0 Å². The first-order chi connectivity index (χ1) is 16.0. The summed E-state index contributed by atoms with van der Waals surface area (Å²) >= 11 is 0. The maximum absolute atomic E-state index is 13.0. The fourth-order valence-electron chi connectivity index (χ4n) is 3.42. The first-order valence-corrected chi connectivity index (χ1v) is 11.3. The van der Waals surface area contributed by atoms with Gasteiger partial charge in [-0.15, -0.1) is 0 Å². The van der Waals surface area contributed by atoms with Gasteiger partial charge in [-0.1, -0.05) is 0 Å². The summed E-state index contributed by atoms with van der Waals surface area (Å²) in [5.41, 5.74) is -1.48. The Bertz CT molecular complexity index is 1220. The standard InChI is InChI=1S/C21H22N2O10S/c1-11(24)30-14-4-6-15(7-5-14)34(29)10-16-18(31-12(2)25)19(32-13(3)26)20(33-16)23-9-8-17(27)22-21(23)28/h4-9,16,18-20H,10H2,1-3H3,(H,22,27,28)/t16-,18-,19-,20-,34?/m1/s1. The van der Waals surface area contributed by atoms with Gasteiger partial charge in [-0.05, 0) is 24.3 Å². The van der Waals surface area contributed by atoms with Gasteiger partial charge in [0.2, 0.25) is 0 Å². The highest BCUT2D eigenvalue weighted by Gasteiger charge is 2.50. The van der Waals surface area contributed by atoms with Crippen molar-refractivity contribution in [1.82, 2.24) is 9.55 Å². The molecule has 1 N–H and O–H groups in total. The van der Waals surface area contributed by atoms with Crippen molar-refractivity contribution in [3.05, 3.63) is 57.4 Å². The Balaban J connectivity index is 1.90. The van der Waals surface area contributed by atoms with Crippen LogP contribution in [0.2, 0.25) is 0 Å². The molecule has 5 atom stereocenters. The summed E-state index contributed by atoms with van der Waals surface area (Å²) in [5, 5.41) is 0. The highest BCUT2D eigenvalue weighted by molar-refractivity contribution is 7.85. The van der Waals surface area contributed by atoms with E-state index in [-0.39, 0.29) is 11.5 Å². The summed E-state index contributed by atoms with van der Waals surface area (Å²) in [4.78, 5) is 60.8. The second-order valence-electron chi connectivity index (χ2n) is 7.31. The van der Waals surface area contributed by atoms with Crippen molar-refractivity contribution in [3.8, 4) is 5.75 Å². The van der Waals surface area contributed by atoms with E-state index < -0.39 is 64.5 Å². The van der Waals surface area contributed by atoms with Crippen molar-refractivity contribution in [2.75, 3.05) is 5.75 Å². The number of ether oxygens (including phenoxy) is 4. The largest absolute Gasteiger partial charge is 0.456 e. The van der Waals surface area contributed by atoms with Crippen LogP contribution in [-0.2, 0) is 39.4 Å². The van der Waals surface area contributed by atoms with Crippen LogP contribution < -0.4 is 16.0 Å². The topological polar surface area (TPSA) is 160 Å². The van der Waals surface area contributed by atoms with Crippen LogP contribution in [-0.4, -0.2) is 55.7 Å². The molecule has 3 rings (SSSR count). The van der Waals surface area contributed by atoms with Gasteiger partial charge in [0.05, 0.1) is 16.6 Å². The molecule has 1 unspecified atom stereocenters. The summed E-state index contributed by atoms with van der Waals surface area (Å²) < 4.78 is 35.5. The molecule has 182 valence electrons. The van der Waals surface area contributed by atoms with Gasteiger partial charge in [0.1, 0.15) is 11.9 Å². The zero-order valence-electron chi connectivity index (χ0n) is 18.4. The number of rotatable bonds is 7. The number of hydrogen-bond donors (Lipinski definition) is 1. The lowest BCUT2D eigenvalue weighted by Gasteiger charge is -2.23. The summed E-state index contributed by atoms with van der Waals surface area (Å²) in [7, 11) is -1.68. The Labute approximate surface area is 195 Å². The molecule has 0 amide bonds. The Morgan fingerprint density at radius 1 is 0.971 bits per heavy atom. The average molecular weight is 494 g/mol. The molecule has 1 aliphatic heterocycles. The molecule has 12 nitrogen and oxygen atoms in total. The second-order valence-corrected chi connectivity index (χ2v) is 8.80. The van der Waals surface area contributed by atoms with E-state index in [1.807, 2.05) is 0 Å². The van der Waals surface area contributed by atoms with E-state index in [1.165, 1.54) is 31.2 Å². The fourth-order valence-corrected chi connectivity index (χ4v) is 4.61. The molecule has 34 heavy (non-hydrogen) atoms. The Hall–Kier alpha value is -3.58. The average Bonchev–Trinajstić information content (AvgIpc) is 3.03. The van der Waals surface area contributed by atoms with Crippen LogP contribution in [0, 0.1) is 0 Å². The smallest absolute Gasteiger partial charge is 0.330 e. The lowest BCUT2D eigenvalue weighted by molar-refractivity contribution is -0.165. The SMILES string of the molecule is CC(=O)Oc1ccc(S(=O)C[C@H]2O[C@@H](n3ccc(=O)[nH]c3=O)[C@H](OC(C)=O)[C@@H]2OC(C)=O)cc1. The van der Waals surface area contributed by atoms with Crippen molar-refractivity contribution in [2.45, 2.75) is 50.2 Å². The van der Waals surface area contributed by atoms with Gasteiger partial charge in [0.25, 0.3) is 5.56 Å². The first-order valence-electron chi connectivity index (χ1n) is 10.0. The monoisotopic (exact) mass is 494 g/mol. The number of H-pyrrole nitrogens is 1. The zero-order valence-corrected chi connectivity index (χ0v) is 19.2. The number of benzene rings is 1. The molecule has 2 aromatic rings. The minimum Gasteiger partial charge on any atom is -0.456 e. The van der Waals surface area contributed by atoms with Crippen LogP contribution in [0.25, 0.3) is 0 Å². The number of esters is 3. The fraction of sp³-hybridized carbons (Fsp3) is 0.381. The normalized spacial score (nSPS) is 22.6. The van der Waals surface area contributed by atoms with Gasteiger partial charge in [0, 0.05) is 37.9 Å². The Morgan fingerprint density at radius 2 is 1.59 bits per heavy atom. The molecule has 0 spiro atoms. The quantitative estimate of drug-likeness (QED) is 0.411. The van der Waals surface area contributed by atoms with E-state index in [4.69, 9.17) is 18.9 Å². The third kappa shape index (κ3) is 6.05. The molecule has 0 radical (unpaired) electrons. The molecule has 13 heteroatoms. The number of aromatic nitrogens is 2. The molecular weight excluding hydrogens is 472 g/mol. The van der Waals surface area contributed by atoms with E-state index in [9.17, 15) is 28.2 Å². The molecule has 1 fully saturated rings. The van der Waals surface area contributed by atoms with E-state index in [1.54, 1.807) is 0 Å². The van der Waals surface area contributed by atoms with Crippen molar-refractivity contribution in [3.63, 3.8) is 0 Å². The number of hydrogen-bond acceptors (Lipinski definition) is 10. The lowest BCUT2D eigenvalue weighted by atomic mass is 10.1. The van der Waals surface area contributed by atoms with Gasteiger partial charge < -0.3 is 18.9 Å². The summed E-state index contributed by atoms with van der Waals surface area (Å²) in [5.74, 6) is -1.84. The molecule has 0 saturated carbocycles. The third-order valence-electron chi connectivity index (χ3n) is 4.68. The van der Waals surface area contributed by atoms with Gasteiger partial charge in [-0.2, -0.15) is 0 Å². The van der Waals surface area contributed by atoms with Crippen molar-refractivity contribution < 1.29 is 37.5 Å². The molecule has 2 heterocycles. The summed E-state index contributed by atoms with van der Waals surface area (Å²) in [6.07, 6.45) is -3.58. The predicted molar refractivity (Wildman–Crippen MR) is 115 cm³/mol. The maximum Gasteiger partial charge on any atom is 0.330 e. The number of carbonyl (C=O) groups is 3. The van der Waals surface area contributed by atoms with Gasteiger partial charge in [-0.25, -0.2) is 4.79 Å². The lowest BCUT2D eigenvalue weighted by Crippen LogP contribution is -2.42. The molecule has 1 aliphatic rings. The highest BCUT2D eigenvalue weighted by atomic mass is 32.2. The molecule has 0 aliphatic carbocycles. The molecule has 1 aromatic heterocycles. The predicted octanol–water partition coefficient (Wildman–Crippen LogP) is 0.0305. The number of carbonyl (C=O) groups excluding carboxylic acids is 3. The number of nitrogens with zero attached hydrogens (tertiary/aromatic N) is 1. The van der Waals surface area contributed by atoms with E-state index in [0.717, 1.165) is 30.7 Å². The highest BCUT2D eigenvalue weighted by Crippen LogP contribution is 2.34. The van der Waals surface area contributed by atoms with Crippen molar-refractivity contribution >= 4 is 28.7 Å². The van der Waals surface area contributed by atoms with E-state index in [2.05, 4.69) is 4.98 Å². The van der Waals surface area contributed by atoms with Crippen LogP contribution in [0.4, 0.5) is 0 Å². The van der Waals surface area contributed by atoms with E-state index in [0.29, 0.717) is 4.90 Å². The van der Waals surface area contributed by atoms with E-state index >= 15 is 0 Å². The van der Waals surface area contributed by atoms with Crippen LogP contribution in [0.1, 0.15) is 27.0 Å². The van der Waals surface area contributed by atoms with Crippen LogP contribution in [0.5, 0.6) is 5.75 Å². The van der Waals surface area contributed by atoms with Gasteiger partial charge in [-0.3, -0.25) is 32.9 Å². The van der Waals surface area contributed by atoms with Crippen LogP contribution in [0.3, 0.4) is 0 Å². The zero-order chi connectivity index (χ0) is 25.0. The minimum atomic E-state index is -1.68. The third-order valence-corrected chi connectivity index (χ3v) is 6.11. The van der Waals surface area contributed by atoms with Crippen LogP contribution in [0.15, 0.2) is 51.0 Å². The summed E-state index contributed by atoms with van der Waals surface area (Å²) in [6.45, 7) is 3.53. The number of nitrogens with one attached hydrogen (secondary N) is 1. The molecule has 1 saturated heterocycles. The molecule has 0 bridgehead atoms. The molecule has 1 aromatic carbocycles. The van der Waals surface area contributed by atoms with Crippen LogP contribution >= 0.6 is 0 Å². The van der Waals surface area contributed by atoms with Gasteiger partial charge >= 0.3 is 23.6 Å². The van der Waals surface area contributed by atoms with Crippen molar-refractivity contribution in [2.24, 2.45) is 0 Å².